The summed E-state index contributed by atoms with van der Waals surface area (Å²) in [6, 6.07) is 20.4. The van der Waals surface area contributed by atoms with Crippen molar-refractivity contribution in [3.63, 3.8) is 0 Å². The molecular weight excluding hydrogens is 274 g/mol. The number of carbonyl (C=O) groups is 1. The second-order valence-electron chi connectivity index (χ2n) is 6.09. The fraction of sp³-hybridized carbons (Fsp3) is 0.316. The number of rotatable bonds is 2. The lowest BCUT2D eigenvalue weighted by Gasteiger charge is -2.37. The maximum Gasteiger partial charge on any atom is 0.311 e. The number of hydrogen-bond acceptors (Lipinski definition) is 3. The minimum atomic E-state index is -0.646. The van der Waals surface area contributed by atoms with E-state index in [0.29, 0.717) is 6.54 Å². The molecule has 2 aliphatic heterocycles. The Balaban J connectivity index is 1.92. The van der Waals surface area contributed by atoms with Gasteiger partial charge in [-0.05, 0) is 13.0 Å². The zero-order valence-electron chi connectivity index (χ0n) is 12.4. The molecule has 22 heavy (non-hydrogen) atoms. The topological polar surface area (TPSA) is 38.3 Å². The first-order valence-electron chi connectivity index (χ1n) is 7.87. The van der Waals surface area contributed by atoms with E-state index in [2.05, 4.69) is 29.6 Å². The predicted molar refractivity (Wildman–Crippen MR) is 84.2 cm³/mol. The third-order valence-electron chi connectivity index (χ3n) is 4.97. The minimum Gasteiger partial charge on any atom is -0.449 e. The predicted octanol–water partition coefficient (Wildman–Crippen LogP) is 2.71. The molecule has 2 atom stereocenters. The fourth-order valence-corrected chi connectivity index (χ4v) is 3.99. The highest BCUT2D eigenvalue weighted by Crippen LogP contribution is 2.51. The molecule has 3 nitrogen and oxygen atoms in total. The van der Waals surface area contributed by atoms with Crippen LogP contribution in [0.5, 0.6) is 0 Å². The van der Waals surface area contributed by atoms with Crippen LogP contribution in [0.4, 0.5) is 0 Å². The van der Waals surface area contributed by atoms with E-state index in [0.717, 1.165) is 24.1 Å². The molecule has 2 aromatic rings. The highest BCUT2D eigenvalue weighted by atomic mass is 16.6. The summed E-state index contributed by atoms with van der Waals surface area (Å²) >= 11 is 0. The van der Waals surface area contributed by atoms with Gasteiger partial charge >= 0.3 is 5.97 Å². The quantitative estimate of drug-likeness (QED) is 0.865. The number of benzene rings is 2. The summed E-state index contributed by atoms with van der Waals surface area (Å²) in [5.74, 6) is 0.0464. The average Bonchev–Trinajstić information content (AvgIpc) is 2.91. The van der Waals surface area contributed by atoms with Crippen molar-refractivity contribution in [1.29, 1.82) is 0 Å². The second-order valence-corrected chi connectivity index (χ2v) is 6.09. The van der Waals surface area contributed by atoms with E-state index in [1.54, 1.807) is 0 Å². The third kappa shape index (κ3) is 1.89. The monoisotopic (exact) mass is 293 g/mol. The number of cyclic esters (lactones) is 1. The molecule has 0 saturated carbocycles. The van der Waals surface area contributed by atoms with Crippen LogP contribution in [-0.2, 0) is 15.1 Å². The average molecular weight is 293 g/mol. The van der Waals surface area contributed by atoms with E-state index in [-0.39, 0.29) is 17.8 Å². The number of fused-ring (bicyclic) bond motifs is 1. The molecule has 0 bridgehead atoms. The van der Waals surface area contributed by atoms with Gasteiger partial charge in [0.25, 0.3) is 0 Å². The zero-order valence-corrected chi connectivity index (χ0v) is 12.4. The largest absolute Gasteiger partial charge is 0.449 e. The van der Waals surface area contributed by atoms with Gasteiger partial charge in [-0.25, -0.2) is 0 Å². The van der Waals surface area contributed by atoms with Crippen LogP contribution in [0.25, 0.3) is 0 Å². The summed E-state index contributed by atoms with van der Waals surface area (Å²) < 4.78 is 6.09. The number of hydrogen-bond donors (Lipinski definition) is 1. The van der Waals surface area contributed by atoms with Gasteiger partial charge in [-0.2, -0.15) is 0 Å². The molecule has 4 rings (SSSR count). The van der Waals surface area contributed by atoms with Crippen molar-refractivity contribution in [3.8, 4) is 0 Å². The molecule has 0 amide bonds. The Kier molecular flexibility index (Phi) is 3.23. The maximum absolute atomic E-state index is 12.5. The molecule has 2 aromatic carbocycles. The lowest BCUT2D eigenvalue weighted by molar-refractivity contribution is -0.148. The minimum absolute atomic E-state index is 0.0610. The van der Waals surface area contributed by atoms with Crippen LogP contribution in [0.3, 0.4) is 0 Å². The second kappa shape index (κ2) is 5.25. The van der Waals surface area contributed by atoms with Crippen LogP contribution < -0.4 is 5.32 Å². The maximum atomic E-state index is 12.5. The van der Waals surface area contributed by atoms with Crippen LogP contribution in [-0.4, -0.2) is 19.1 Å². The third-order valence-corrected chi connectivity index (χ3v) is 4.97. The van der Waals surface area contributed by atoms with Crippen LogP contribution in [0.2, 0.25) is 0 Å². The van der Waals surface area contributed by atoms with Gasteiger partial charge in [-0.1, -0.05) is 60.7 Å². The van der Waals surface area contributed by atoms with Crippen LogP contribution >= 0.6 is 0 Å². The molecule has 2 saturated heterocycles. The summed E-state index contributed by atoms with van der Waals surface area (Å²) in [6.45, 7) is 1.64. The van der Waals surface area contributed by atoms with Crippen molar-refractivity contribution < 1.29 is 9.53 Å². The number of esters is 1. The van der Waals surface area contributed by atoms with E-state index in [1.807, 2.05) is 36.4 Å². The van der Waals surface area contributed by atoms with E-state index in [1.165, 1.54) is 0 Å². The molecule has 3 heteroatoms. The number of nitrogens with one attached hydrogen (secondary N) is 1. The molecule has 0 unspecified atom stereocenters. The van der Waals surface area contributed by atoms with Crippen LogP contribution in [0.15, 0.2) is 60.7 Å². The Hall–Kier alpha value is -2.13. The van der Waals surface area contributed by atoms with Gasteiger partial charge in [0.05, 0.1) is 5.92 Å². The Labute approximate surface area is 130 Å². The first-order valence-corrected chi connectivity index (χ1v) is 7.87. The summed E-state index contributed by atoms with van der Waals surface area (Å²) in [5.41, 5.74) is 1.50. The highest BCUT2D eigenvalue weighted by molar-refractivity contribution is 5.78. The first-order chi connectivity index (χ1) is 10.8. The fourth-order valence-electron chi connectivity index (χ4n) is 3.99. The summed E-state index contributed by atoms with van der Waals surface area (Å²) in [6.07, 6.45) is 0.945. The van der Waals surface area contributed by atoms with Gasteiger partial charge in [-0.15, -0.1) is 0 Å². The molecule has 0 spiro atoms. The molecule has 1 N–H and O–H groups in total. The van der Waals surface area contributed by atoms with E-state index < -0.39 is 5.60 Å². The van der Waals surface area contributed by atoms with E-state index >= 15 is 0 Å². The SMILES string of the molecule is O=C1OC(c2ccccc2)(c2ccccc2)[C@@H]2CCNC[C@H]12. The van der Waals surface area contributed by atoms with Gasteiger partial charge in [0, 0.05) is 23.6 Å². The van der Waals surface area contributed by atoms with Crippen molar-refractivity contribution in [3.05, 3.63) is 71.8 Å². The lowest BCUT2D eigenvalue weighted by Crippen LogP contribution is -2.43. The highest BCUT2D eigenvalue weighted by Gasteiger charge is 2.57. The molecule has 0 aromatic heterocycles. The van der Waals surface area contributed by atoms with Gasteiger partial charge in [0.2, 0.25) is 0 Å². The molecular formula is C19H19NO2. The Bertz CT molecular complexity index is 629. The molecule has 2 heterocycles. The Morgan fingerprint density at radius 2 is 1.55 bits per heavy atom. The van der Waals surface area contributed by atoms with Crippen molar-refractivity contribution in [2.45, 2.75) is 12.0 Å². The molecule has 0 radical (unpaired) electrons. The Morgan fingerprint density at radius 1 is 0.955 bits per heavy atom. The standard InChI is InChI=1S/C19H19NO2/c21-18-16-13-20-12-11-17(16)19(22-18,14-7-3-1-4-8-14)15-9-5-2-6-10-15/h1-10,16-17,20H,11-13H2/t16-,17+/m0/s1. The zero-order chi connectivity index (χ0) is 15.0. The van der Waals surface area contributed by atoms with Crippen molar-refractivity contribution in [1.82, 2.24) is 5.32 Å². The number of piperidine rings is 1. The Morgan fingerprint density at radius 3 is 2.14 bits per heavy atom. The first kappa shape index (κ1) is 13.5. The molecule has 112 valence electrons. The molecule has 2 fully saturated rings. The number of ether oxygens (including phenoxy) is 1. The normalized spacial score (nSPS) is 26.3. The molecule has 2 aliphatic rings. The van der Waals surface area contributed by atoms with Gasteiger partial charge in [0.1, 0.15) is 0 Å². The van der Waals surface area contributed by atoms with Crippen molar-refractivity contribution in [2.75, 3.05) is 13.1 Å². The van der Waals surface area contributed by atoms with Crippen LogP contribution in [0.1, 0.15) is 17.5 Å². The molecule has 0 aliphatic carbocycles. The van der Waals surface area contributed by atoms with E-state index in [9.17, 15) is 4.79 Å². The summed E-state index contributed by atoms with van der Waals surface area (Å²) in [7, 11) is 0. The van der Waals surface area contributed by atoms with Gasteiger partial charge in [-0.3, -0.25) is 4.79 Å². The smallest absolute Gasteiger partial charge is 0.311 e. The lowest BCUT2D eigenvalue weighted by atomic mass is 9.70. The summed E-state index contributed by atoms with van der Waals surface area (Å²) in [5, 5.41) is 3.33. The van der Waals surface area contributed by atoms with Crippen molar-refractivity contribution >= 4 is 5.97 Å². The van der Waals surface area contributed by atoms with Crippen LogP contribution in [0, 0.1) is 11.8 Å². The number of carbonyl (C=O) groups excluding carboxylic acids is 1. The summed E-state index contributed by atoms with van der Waals surface area (Å²) in [4.78, 5) is 12.5. The van der Waals surface area contributed by atoms with E-state index in [4.69, 9.17) is 4.74 Å². The van der Waals surface area contributed by atoms with Crippen molar-refractivity contribution in [2.24, 2.45) is 11.8 Å². The van der Waals surface area contributed by atoms with Gasteiger partial charge in [0.15, 0.2) is 5.60 Å². The van der Waals surface area contributed by atoms with Gasteiger partial charge < -0.3 is 10.1 Å².